The van der Waals surface area contributed by atoms with E-state index in [0.29, 0.717) is 0 Å². The standard InChI is InChI=1S/C6H15O2PS2.Ti/c1-5(2)7-9(10,11)8-6(3)4;/h5-6H,1-4H3,(H,10,11);/p-1. The van der Waals surface area contributed by atoms with E-state index in [1.165, 1.54) is 0 Å². The average Bonchev–Trinajstić information content (AvgIpc) is 1.53. The second kappa shape index (κ2) is 7.00. The van der Waals surface area contributed by atoms with E-state index in [0.717, 1.165) is 0 Å². The van der Waals surface area contributed by atoms with Crippen molar-refractivity contribution in [2.24, 2.45) is 0 Å². The van der Waals surface area contributed by atoms with Crippen LogP contribution in [0.5, 0.6) is 0 Å². The van der Waals surface area contributed by atoms with Gasteiger partial charge in [0.15, 0.2) is 0 Å². The van der Waals surface area contributed by atoms with Gasteiger partial charge in [0.1, 0.15) is 0 Å². The first-order valence-corrected chi connectivity index (χ1v) is 7.16. The third kappa shape index (κ3) is 9.72. The van der Waals surface area contributed by atoms with Crippen molar-refractivity contribution in [1.82, 2.24) is 0 Å². The van der Waals surface area contributed by atoms with Crippen molar-refractivity contribution in [3.8, 4) is 0 Å². The summed E-state index contributed by atoms with van der Waals surface area (Å²) < 4.78 is 10.5. The molecule has 0 aliphatic rings. The van der Waals surface area contributed by atoms with Crippen molar-refractivity contribution >= 4 is 29.7 Å². The van der Waals surface area contributed by atoms with Gasteiger partial charge in [-0.25, -0.2) is 0 Å². The fraction of sp³-hybridized carbons (Fsp3) is 1.00. The van der Waals surface area contributed by atoms with Crippen molar-refractivity contribution in [1.29, 1.82) is 0 Å². The van der Waals surface area contributed by atoms with E-state index in [2.05, 4.69) is 0 Å². The molecule has 0 spiro atoms. The van der Waals surface area contributed by atoms with Gasteiger partial charge in [-0.2, -0.15) is 0 Å². The normalized spacial score (nSPS) is 11.9. The Labute approximate surface area is 100.0 Å². The Kier molecular flexibility index (Phi) is 9.37. The summed E-state index contributed by atoms with van der Waals surface area (Å²) in [5.41, 5.74) is -2.39. The van der Waals surface area contributed by atoms with Crippen LogP contribution >= 0.6 is 5.69 Å². The second-order valence-corrected chi connectivity index (χ2v) is 7.65. The Bertz CT molecular complexity index is 150. The molecule has 0 aromatic carbocycles. The van der Waals surface area contributed by atoms with Crippen LogP contribution in [0, 0.1) is 0 Å². The number of hydrogen-bond acceptors (Lipinski definition) is 4. The smallest absolute Gasteiger partial charge is 0.0575 e. The SMILES string of the molecule is CC(C)OP(=S)([S-])OC(C)C.[Ti]. The summed E-state index contributed by atoms with van der Waals surface area (Å²) in [7, 11) is 0. The van der Waals surface area contributed by atoms with Gasteiger partial charge in [0.25, 0.3) is 0 Å². The van der Waals surface area contributed by atoms with Crippen LogP contribution in [0.25, 0.3) is 0 Å². The van der Waals surface area contributed by atoms with E-state index in [1.54, 1.807) is 0 Å². The van der Waals surface area contributed by atoms with Gasteiger partial charge in [-0.1, -0.05) is 11.8 Å². The molecule has 0 aromatic rings. The molecule has 0 saturated heterocycles. The summed E-state index contributed by atoms with van der Waals surface area (Å²) in [6.45, 7) is 7.60. The molecule has 6 heteroatoms. The molecule has 0 N–H and O–H groups in total. The van der Waals surface area contributed by atoms with Crippen LogP contribution < -0.4 is 0 Å². The molecule has 0 aromatic heterocycles. The predicted molar refractivity (Wildman–Crippen MR) is 54.1 cm³/mol. The van der Waals surface area contributed by atoms with Crippen LogP contribution in [-0.2, 0) is 54.8 Å². The molecule has 0 radical (unpaired) electrons. The zero-order chi connectivity index (χ0) is 9.07. The fourth-order valence-electron chi connectivity index (χ4n) is 0.541. The monoisotopic (exact) mass is 261 g/mol. The quantitative estimate of drug-likeness (QED) is 0.439. The summed E-state index contributed by atoms with van der Waals surface area (Å²) >= 11 is 9.95. The fourth-order valence-corrected chi connectivity index (χ4v) is 3.69. The molecule has 2 nitrogen and oxygen atoms in total. The molecule has 0 rings (SSSR count). The third-order valence-corrected chi connectivity index (χ3v) is 3.07. The van der Waals surface area contributed by atoms with Gasteiger partial charge in [-0.15, -0.1) is 0 Å². The van der Waals surface area contributed by atoms with Crippen LogP contribution in [-0.4, -0.2) is 12.2 Å². The molecular weight excluding hydrogens is 247 g/mol. The topological polar surface area (TPSA) is 18.5 Å². The molecule has 72 valence electrons. The molecule has 0 unspecified atom stereocenters. The van der Waals surface area contributed by atoms with Gasteiger partial charge in [-0.3, -0.25) is 0 Å². The maximum atomic E-state index is 5.27. The zero-order valence-electron chi connectivity index (χ0n) is 7.73. The van der Waals surface area contributed by atoms with Crippen molar-refractivity contribution in [3.63, 3.8) is 0 Å². The minimum absolute atomic E-state index is 0. The third-order valence-electron chi connectivity index (χ3n) is 0.680. The molecule has 0 saturated carbocycles. The van der Waals surface area contributed by atoms with Gasteiger partial charge >= 0.3 is 0 Å². The largest absolute Gasteiger partial charge is 0.691 e. The second-order valence-electron chi connectivity index (χ2n) is 2.76. The molecule has 0 fully saturated rings. The molecule has 0 heterocycles. The van der Waals surface area contributed by atoms with Crippen LogP contribution in [0.4, 0.5) is 0 Å². The summed E-state index contributed by atoms with van der Waals surface area (Å²) in [5, 5.41) is 0. The van der Waals surface area contributed by atoms with E-state index >= 15 is 0 Å². The van der Waals surface area contributed by atoms with Gasteiger partial charge in [0, 0.05) is 21.7 Å². The summed E-state index contributed by atoms with van der Waals surface area (Å²) in [6, 6.07) is 0. The maximum Gasteiger partial charge on any atom is 0.0575 e. The van der Waals surface area contributed by atoms with Crippen LogP contribution in [0.1, 0.15) is 27.7 Å². The summed E-state index contributed by atoms with van der Waals surface area (Å²) in [4.78, 5) is 0. The van der Waals surface area contributed by atoms with Crippen molar-refractivity contribution in [3.05, 3.63) is 0 Å². The molecule has 0 aliphatic carbocycles. The van der Waals surface area contributed by atoms with E-state index in [9.17, 15) is 0 Å². The Morgan fingerprint density at radius 2 is 1.33 bits per heavy atom. The van der Waals surface area contributed by atoms with Crippen molar-refractivity contribution in [2.45, 2.75) is 39.9 Å². The van der Waals surface area contributed by atoms with Crippen LogP contribution in [0.15, 0.2) is 0 Å². The Balaban J connectivity index is 0. The van der Waals surface area contributed by atoms with E-state index in [1.807, 2.05) is 27.7 Å². The minimum atomic E-state index is -2.39. The van der Waals surface area contributed by atoms with Gasteiger partial charge < -0.3 is 21.3 Å². The molecule has 0 amide bonds. The van der Waals surface area contributed by atoms with Gasteiger partial charge in [0.2, 0.25) is 0 Å². The minimum Gasteiger partial charge on any atom is -0.691 e. The molecule has 12 heavy (non-hydrogen) atoms. The number of rotatable bonds is 4. The van der Waals surface area contributed by atoms with Gasteiger partial charge in [-0.05, 0) is 27.7 Å². The van der Waals surface area contributed by atoms with Crippen LogP contribution in [0.3, 0.4) is 0 Å². The molecule has 0 bridgehead atoms. The predicted octanol–water partition coefficient (Wildman–Crippen LogP) is 2.61. The number of hydrogen-bond donors (Lipinski definition) is 0. The van der Waals surface area contributed by atoms with Crippen LogP contribution in [0.2, 0.25) is 0 Å². The molecule has 0 aliphatic heterocycles. The van der Waals surface area contributed by atoms with E-state index in [4.69, 9.17) is 33.1 Å². The Morgan fingerprint density at radius 1 is 1.08 bits per heavy atom. The Morgan fingerprint density at radius 3 is 1.50 bits per heavy atom. The maximum absolute atomic E-state index is 5.27. The molecule has 0 atom stereocenters. The first-order chi connectivity index (χ1) is 4.83. The zero-order valence-corrected chi connectivity index (χ0v) is 11.8. The van der Waals surface area contributed by atoms with E-state index in [-0.39, 0.29) is 33.9 Å². The van der Waals surface area contributed by atoms with Gasteiger partial charge in [0.05, 0.1) is 17.9 Å². The summed E-state index contributed by atoms with van der Waals surface area (Å²) in [5.74, 6) is 0. The van der Waals surface area contributed by atoms with Crippen molar-refractivity contribution in [2.75, 3.05) is 0 Å². The van der Waals surface area contributed by atoms with Crippen molar-refractivity contribution < 1.29 is 30.8 Å². The Hall–Kier alpha value is 1.63. The molecular formula is C6H14O2PS2Ti-. The average molecular weight is 261 g/mol. The first kappa shape index (κ1) is 16.1. The first-order valence-electron chi connectivity index (χ1n) is 3.51. The summed E-state index contributed by atoms with van der Waals surface area (Å²) in [6.07, 6.45) is 0.106. The van der Waals surface area contributed by atoms with E-state index < -0.39 is 5.69 Å².